The molecule has 0 aliphatic rings. The minimum absolute atomic E-state index is 0.507. The third-order valence-corrected chi connectivity index (χ3v) is 4.42. The third-order valence-electron chi connectivity index (χ3n) is 4.42. The molecule has 0 amide bonds. The van der Waals surface area contributed by atoms with Gasteiger partial charge in [0.25, 0.3) is 0 Å². The van der Waals surface area contributed by atoms with Crippen LogP contribution in [-0.4, -0.2) is 9.55 Å². The zero-order valence-corrected chi connectivity index (χ0v) is 14.7. The SMILES string of the molecule is CCCCCCn1c(COc2ccccc2C)nc2ccccc21. The van der Waals surface area contributed by atoms with Gasteiger partial charge in [-0.2, -0.15) is 0 Å². The van der Waals surface area contributed by atoms with Gasteiger partial charge in [-0.05, 0) is 37.1 Å². The van der Waals surface area contributed by atoms with Crippen LogP contribution < -0.4 is 4.74 Å². The Kier molecular flexibility index (Phi) is 5.52. The maximum atomic E-state index is 6.04. The highest BCUT2D eigenvalue weighted by Crippen LogP contribution is 2.21. The fourth-order valence-electron chi connectivity index (χ4n) is 3.04. The van der Waals surface area contributed by atoms with Crippen LogP contribution in [0.2, 0.25) is 0 Å². The first-order chi connectivity index (χ1) is 11.8. The Morgan fingerprint density at radius 2 is 1.75 bits per heavy atom. The first-order valence-electron chi connectivity index (χ1n) is 8.92. The van der Waals surface area contributed by atoms with Crippen molar-refractivity contribution >= 4 is 11.0 Å². The van der Waals surface area contributed by atoms with Crippen LogP contribution in [0.1, 0.15) is 44.0 Å². The first kappa shape index (κ1) is 16.6. The van der Waals surface area contributed by atoms with Crippen molar-refractivity contribution in [2.75, 3.05) is 0 Å². The van der Waals surface area contributed by atoms with E-state index in [0.717, 1.165) is 29.2 Å². The molecule has 0 N–H and O–H groups in total. The Balaban J connectivity index is 1.79. The highest BCUT2D eigenvalue weighted by Gasteiger charge is 2.11. The highest BCUT2D eigenvalue weighted by atomic mass is 16.5. The van der Waals surface area contributed by atoms with E-state index in [9.17, 15) is 0 Å². The Morgan fingerprint density at radius 1 is 0.958 bits per heavy atom. The summed E-state index contributed by atoms with van der Waals surface area (Å²) in [6, 6.07) is 16.5. The third kappa shape index (κ3) is 3.78. The second kappa shape index (κ2) is 8.00. The lowest BCUT2D eigenvalue weighted by Crippen LogP contribution is -2.08. The van der Waals surface area contributed by atoms with Gasteiger partial charge in [0, 0.05) is 6.54 Å². The van der Waals surface area contributed by atoms with E-state index in [1.54, 1.807) is 0 Å². The van der Waals surface area contributed by atoms with Crippen LogP contribution in [0.5, 0.6) is 5.75 Å². The fraction of sp³-hybridized carbons (Fsp3) is 0.381. The number of ether oxygens (including phenoxy) is 1. The average molecular weight is 322 g/mol. The molecule has 0 spiro atoms. The maximum absolute atomic E-state index is 6.04. The highest BCUT2D eigenvalue weighted by molar-refractivity contribution is 5.75. The van der Waals surface area contributed by atoms with E-state index in [0.29, 0.717) is 6.61 Å². The Labute approximate surface area is 144 Å². The lowest BCUT2D eigenvalue weighted by atomic mass is 10.2. The number of para-hydroxylation sites is 3. The van der Waals surface area contributed by atoms with E-state index < -0.39 is 0 Å². The summed E-state index contributed by atoms with van der Waals surface area (Å²) in [5.41, 5.74) is 3.41. The van der Waals surface area contributed by atoms with Crippen molar-refractivity contribution in [1.29, 1.82) is 0 Å². The Bertz CT molecular complexity index is 791. The predicted molar refractivity (Wildman–Crippen MR) is 99.4 cm³/mol. The van der Waals surface area contributed by atoms with Crippen LogP contribution in [0.3, 0.4) is 0 Å². The molecular formula is C21H26N2O. The monoisotopic (exact) mass is 322 g/mol. The molecule has 1 heterocycles. The van der Waals surface area contributed by atoms with Crippen LogP contribution in [0.25, 0.3) is 11.0 Å². The fourth-order valence-corrected chi connectivity index (χ4v) is 3.04. The summed E-state index contributed by atoms with van der Waals surface area (Å²) in [5.74, 6) is 1.94. The van der Waals surface area contributed by atoms with E-state index in [-0.39, 0.29) is 0 Å². The van der Waals surface area contributed by atoms with Gasteiger partial charge in [-0.1, -0.05) is 56.5 Å². The second-order valence-electron chi connectivity index (χ2n) is 6.28. The largest absolute Gasteiger partial charge is 0.485 e. The molecule has 0 atom stereocenters. The van der Waals surface area contributed by atoms with E-state index in [4.69, 9.17) is 9.72 Å². The quantitative estimate of drug-likeness (QED) is 0.512. The van der Waals surface area contributed by atoms with E-state index in [1.807, 2.05) is 24.3 Å². The molecule has 1 aromatic heterocycles. The zero-order chi connectivity index (χ0) is 16.8. The molecule has 3 rings (SSSR count). The minimum Gasteiger partial charge on any atom is -0.485 e. The number of nitrogens with zero attached hydrogens (tertiary/aromatic N) is 2. The van der Waals surface area contributed by atoms with Gasteiger partial charge >= 0.3 is 0 Å². The molecule has 0 bridgehead atoms. The van der Waals surface area contributed by atoms with Crippen LogP contribution in [-0.2, 0) is 13.2 Å². The summed E-state index contributed by atoms with van der Waals surface area (Å²) in [4.78, 5) is 4.79. The minimum atomic E-state index is 0.507. The Hall–Kier alpha value is -2.29. The molecule has 3 aromatic rings. The summed E-state index contributed by atoms with van der Waals surface area (Å²) in [7, 11) is 0. The van der Waals surface area contributed by atoms with Gasteiger partial charge in [0.05, 0.1) is 11.0 Å². The van der Waals surface area contributed by atoms with Crippen LogP contribution in [0, 0.1) is 6.92 Å². The molecule has 0 saturated carbocycles. The lowest BCUT2D eigenvalue weighted by Gasteiger charge is -2.11. The molecule has 2 aromatic carbocycles. The number of rotatable bonds is 8. The number of aryl methyl sites for hydroxylation is 2. The Morgan fingerprint density at radius 3 is 2.58 bits per heavy atom. The van der Waals surface area contributed by atoms with Crippen molar-refractivity contribution in [3.05, 3.63) is 59.9 Å². The first-order valence-corrected chi connectivity index (χ1v) is 8.92. The van der Waals surface area contributed by atoms with Crippen molar-refractivity contribution in [2.45, 2.75) is 52.7 Å². The van der Waals surface area contributed by atoms with Crippen LogP contribution >= 0.6 is 0 Å². The number of aromatic nitrogens is 2. The lowest BCUT2D eigenvalue weighted by molar-refractivity contribution is 0.287. The molecule has 0 aliphatic heterocycles. The molecule has 0 radical (unpaired) electrons. The molecule has 0 fully saturated rings. The topological polar surface area (TPSA) is 27.1 Å². The second-order valence-corrected chi connectivity index (χ2v) is 6.28. The van der Waals surface area contributed by atoms with E-state index in [2.05, 4.69) is 42.7 Å². The van der Waals surface area contributed by atoms with Crippen molar-refractivity contribution in [3.8, 4) is 5.75 Å². The van der Waals surface area contributed by atoms with Crippen molar-refractivity contribution in [1.82, 2.24) is 9.55 Å². The van der Waals surface area contributed by atoms with Gasteiger partial charge in [0.2, 0.25) is 0 Å². The number of unbranched alkanes of at least 4 members (excludes halogenated alkanes) is 3. The maximum Gasteiger partial charge on any atom is 0.147 e. The summed E-state index contributed by atoms with van der Waals surface area (Å²) in [6.07, 6.45) is 5.00. The van der Waals surface area contributed by atoms with Crippen molar-refractivity contribution in [3.63, 3.8) is 0 Å². The molecule has 0 unspecified atom stereocenters. The van der Waals surface area contributed by atoms with E-state index in [1.165, 1.54) is 31.2 Å². The van der Waals surface area contributed by atoms with Gasteiger partial charge in [-0.3, -0.25) is 0 Å². The number of fused-ring (bicyclic) bond motifs is 1. The summed E-state index contributed by atoms with van der Waals surface area (Å²) < 4.78 is 8.36. The zero-order valence-electron chi connectivity index (χ0n) is 14.7. The van der Waals surface area contributed by atoms with Gasteiger partial charge in [-0.25, -0.2) is 4.98 Å². The van der Waals surface area contributed by atoms with Crippen molar-refractivity contribution < 1.29 is 4.74 Å². The standard InChI is InChI=1S/C21H26N2O/c1-3-4-5-10-15-23-19-13-8-7-12-18(19)22-21(23)16-24-20-14-9-6-11-17(20)2/h6-9,11-14H,3-5,10,15-16H2,1-2H3. The summed E-state index contributed by atoms with van der Waals surface area (Å²) in [6.45, 7) is 5.83. The smallest absolute Gasteiger partial charge is 0.147 e. The summed E-state index contributed by atoms with van der Waals surface area (Å²) in [5, 5.41) is 0. The summed E-state index contributed by atoms with van der Waals surface area (Å²) >= 11 is 0. The van der Waals surface area contributed by atoms with Gasteiger partial charge in [-0.15, -0.1) is 0 Å². The molecule has 126 valence electrons. The molecule has 24 heavy (non-hydrogen) atoms. The average Bonchev–Trinajstić information content (AvgIpc) is 2.96. The molecule has 0 aliphatic carbocycles. The number of hydrogen-bond acceptors (Lipinski definition) is 2. The van der Waals surface area contributed by atoms with Gasteiger partial charge in [0.15, 0.2) is 0 Å². The van der Waals surface area contributed by atoms with Gasteiger partial charge < -0.3 is 9.30 Å². The van der Waals surface area contributed by atoms with E-state index >= 15 is 0 Å². The predicted octanol–water partition coefficient (Wildman–Crippen LogP) is 5.50. The molecule has 0 saturated heterocycles. The number of imidazole rings is 1. The van der Waals surface area contributed by atoms with Gasteiger partial charge in [0.1, 0.15) is 18.2 Å². The van der Waals surface area contributed by atoms with Crippen LogP contribution in [0.4, 0.5) is 0 Å². The normalized spacial score (nSPS) is 11.1. The number of hydrogen-bond donors (Lipinski definition) is 0. The molecular weight excluding hydrogens is 296 g/mol. The molecule has 3 heteroatoms. The molecule has 3 nitrogen and oxygen atoms in total. The number of benzene rings is 2. The van der Waals surface area contributed by atoms with Crippen molar-refractivity contribution in [2.24, 2.45) is 0 Å². The van der Waals surface area contributed by atoms with Crippen LogP contribution in [0.15, 0.2) is 48.5 Å².